The molecule has 0 spiro atoms. The monoisotopic (exact) mass is 363 g/mol. The lowest BCUT2D eigenvalue weighted by Gasteiger charge is -2.19. The van der Waals surface area contributed by atoms with Gasteiger partial charge in [0, 0.05) is 11.9 Å². The molecule has 9 heteroatoms. The smallest absolute Gasteiger partial charge is 0.355 e. The number of nitrogens with zero attached hydrogens (tertiary/aromatic N) is 3. The van der Waals surface area contributed by atoms with Crippen LogP contribution < -0.4 is 4.90 Å². The fourth-order valence-corrected chi connectivity index (χ4v) is 3.02. The van der Waals surface area contributed by atoms with E-state index in [1.54, 1.807) is 6.92 Å². The van der Waals surface area contributed by atoms with Gasteiger partial charge in [-0.15, -0.1) is 0 Å². The molecule has 0 saturated carbocycles. The van der Waals surface area contributed by atoms with Crippen LogP contribution in [-0.2, 0) is 23.9 Å². The Hall–Kier alpha value is -2.74. The number of ether oxygens (including phenoxy) is 1. The summed E-state index contributed by atoms with van der Waals surface area (Å²) in [6.07, 6.45) is 0. The maximum absolute atomic E-state index is 12.8. The van der Waals surface area contributed by atoms with Gasteiger partial charge in [0.2, 0.25) is 11.8 Å². The summed E-state index contributed by atoms with van der Waals surface area (Å²) in [5.41, 5.74) is 0.0670. The van der Waals surface area contributed by atoms with E-state index in [-0.39, 0.29) is 12.3 Å². The Morgan fingerprint density at radius 3 is 2.40 bits per heavy atom. The minimum atomic E-state index is -1.18. The highest BCUT2D eigenvalue weighted by molar-refractivity contribution is 6.47. The Morgan fingerprint density at radius 2 is 1.84 bits per heavy atom. The van der Waals surface area contributed by atoms with Gasteiger partial charge in [-0.3, -0.25) is 14.4 Å². The minimum Gasteiger partial charge on any atom is -0.461 e. The molecule has 1 fully saturated rings. The molecular weight excluding hydrogens is 350 g/mol. The minimum absolute atomic E-state index is 0.0817. The predicted molar refractivity (Wildman–Crippen MR) is 87.8 cm³/mol. The lowest BCUT2D eigenvalue weighted by Crippen LogP contribution is -2.41. The van der Waals surface area contributed by atoms with Crippen LogP contribution in [0.1, 0.15) is 13.8 Å². The van der Waals surface area contributed by atoms with Crippen LogP contribution >= 0.6 is 11.6 Å². The molecule has 2 aliphatic heterocycles. The number of fused-ring (bicyclic) bond motifs is 1. The van der Waals surface area contributed by atoms with E-state index in [0.29, 0.717) is 10.7 Å². The van der Waals surface area contributed by atoms with Gasteiger partial charge in [0.05, 0.1) is 12.3 Å². The van der Waals surface area contributed by atoms with Gasteiger partial charge in [0.25, 0.3) is 5.91 Å². The number of hydrazone groups is 1. The van der Waals surface area contributed by atoms with Crippen molar-refractivity contribution in [3.63, 3.8) is 0 Å². The first-order chi connectivity index (χ1) is 11.9. The summed E-state index contributed by atoms with van der Waals surface area (Å²) in [6.45, 7) is 2.89. The SMILES string of the molecule is CCOC(=O)C1=NN(C(C)=O)[C@H]2C(=O)N(c3ccc(Cl)cc3)C(=O)[C@H]12. The standard InChI is InChI=1S/C16H14ClN3O5/c1-3-25-16(24)12-11-13(20(18-12)8(2)21)15(23)19(14(11)22)10-6-4-9(17)5-7-10/h4-7,11,13H,3H2,1-2H3/t11-,13-/m1/s1. The molecule has 1 aromatic rings. The second-order valence-electron chi connectivity index (χ2n) is 5.48. The van der Waals surface area contributed by atoms with Crippen molar-refractivity contribution in [1.29, 1.82) is 0 Å². The van der Waals surface area contributed by atoms with Crippen LogP contribution in [-0.4, -0.2) is 47.1 Å². The first kappa shape index (κ1) is 17.1. The molecule has 2 atom stereocenters. The topological polar surface area (TPSA) is 96.3 Å². The number of imide groups is 1. The van der Waals surface area contributed by atoms with Crippen LogP contribution in [0.5, 0.6) is 0 Å². The van der Waals surface area contributed by atoms with Crippen LogP contribution in [0.15, 0.2) is 29.4 Å². The number of carbonyl (C=O) groups excluding carboxylic acids is 4. The molecule has 0 aromatic heterocycles. The first-order valence-electron chi connectivity index (χ1n) is 7.55. The molecule has 0 radical (unpaired) electrons. The van der Waals surface area contributed by atoms with Crippen LogP contribution in [0, 0.1) is 5.92 Å². The summed E-state index contributed by atoms with van der Waals surface area (Å²) in [7, 11) is 0. The van der Waals surface area contributed by atoms with Gasteiger partial charge in [0.15, 0.2) is 11.8 Å². The van der Waals surface area contributed by atoms with E-state index in [9.17, 15) is 19.2 Å². The molecule has 130 valence electrons. The van der Waals surface area contributed by atoms with E-state index in [2.05, 4.69) is 5.10 Å². The summed E-state index contributed by atoms with van der Waals surface area (Å²) in [5, 5.41) is 5.18. The Bertz CT molecular complexity index is 804. The molecule has 2 heterocycles. The number of amides is 3. The summed E-state index contributed by atoms with van der Waals surface area (Å²) in [4.78, 5) is 50.5. The molecule has 0 N–H and O–H groups in total. The number of hydrogen-bond acceptors (Lipinski definition) is 6. The number of hydrogen-bond donors (Lipinski definition) is 0. The van der Waals surface area contributed by atoms with E-state index in [0.717, 1.165) is 9.91 Å². The van der Waals surface area contributed by atoms with Crippen LogP contribution in [0.3, 0.4) is 0 Å². The molecule has 8 nitrogen and oxygen atoms in total. The average molecular weight is 364 g/mol. The summed E-state index contributed by atoms with van der Waals surface area (Å²) < 4.78 is 4.90. The Labute approximate surface area is 148 Å². The fraction of sp³-hybridized carbons (Fsp3) is 0.312. The number of benzene rings is 1. The maximum atomic E-state index is 12.8. The molecule has 0 bridgehead atoms. The largest absolute Gasteiger partial charge is 0.461 e. The molecule has 25 heavy (non-hydrogen) atoms. The van der Waals surface area contributed by atoms with Crippen molar-refractivity contribution >= 4 is 46.7 Å². The van der Waals surface area contributed by atoms with E-state index in [4.69, 9.17) is 16.3 Å². The molecule has 0 unspecified atom stereocenters. The number of esters is 1. The van der Waals surface area contributed by atoms with E-state index >= 15 is 0 Å². The summed E-state index contributed by atoms with van der Waals surface area (Å²) >= 11 is 5.83. The van der Waals surface area contributed by atoms with Crippen molar-refractivity contribution in [3.05, 3.63) is 29.3 Å². The van der Waals surface area contributed by atoms with Gasteiger partial charge >= 0.3 is 5.97 Å². The fourth-order valence-electron chi connectivity index (χ4n) is 2.89. The molecule has 1 saturated heterocycles. The van der Waals surface area contributed by atoms with Gasteiger partial charge in [-0.2, -0.15) is 5.10 Å². The van der Waals surface area contributed by atoms with E-state index in [1.807, 2.05) is 0 Å². The predicted octanol–water partition coefficient (Wildman–Crippen LogP) is 0.979. The average Bonchev–Trinajstić information content (AvgIpc) is 3.07. The second kappa shape index (κ2) is 6.29. The molecule has 3 rings (SSSR count). The van der Waals surface area contributed by atoms with Crippen molar-refractivity contribution in [2.24, 2.45) is 11.0 Å². The number of carbonyl (C=O) groups is 4. The van der Waals surface area contributed by atoms with Crippen molar-refractivity contribution in [2.45, 2.75) is 19.9 Å². The molecule has 1 aromatic carbocycles. The highest BCUT2D eigenvalue weighted by atomic mass is 35.5. The van der Waals surface area contributed by atoms with Gasteiger partial charge in [-0.1, -0.05) is 11.6 Å². The zero-order valence-electron chi connectivity index (χ0n) is 13.4. The highest BCUT2D eigenvalue weighted by Gasteiger charge is 2.59. The Balaban J connectivity index is 2.03. The lowest BCUT2D eigenvalue weighted by molar-refractivity contribution is -0.136. The molecule has 2 aliphatic rings. The number of anilines is 1. The van der Waals surface area contributed by atoms with E-state index < -0.39 is 35.7 Å². The molecular formula is C16H14ClN3O5. The van der Waals surface area contributed by atoms with Crippen molar-refractivity contribution in [3.8, 4) is 0 Å². The second-order valence-corrected chi connectivity index (χ2v) is 5.92. The zero-order valence-corrected chi connectivity index (χ0v) is 14.2. The lowest BCUT2D eigenvalue weighted by atomic mass is 9.98. The highest BCUT2D eigenvalue weighted by Crippen LogP contribution is 2.35. The summed E-state index contributed by atoms with van der Waals surface area (Å²) in [6, 6.07) is 4.92. The van der Waals surface area contributed by atoms with Gasteiger partial charge in [-0.25, -0.2) is 14.7 Å². The van der Waals surface area contributed by atoms with Gasteiger partial charge < -0.3 is 4.74 Å². The van der Waals surface area contributed by atoms with Crippen molar-refractivity contribution < 1.29 is 23.9 Å². The van der Waals surface area contributed by atoms with Gasteiger partial charge in [0.1, 0.15) is 5.92 Å². The third-order valence-electron chi connectivity index (χ3n) is 3.94. The third-order valence-corrected chi connectivity index (χ3v) is 4.19. The van der Waals surface area contributed by atoms with Crippen molar-refractivity contribution in [2.75, 3.05) is 11.5 Å². The quantitative estimate of drug-likeness (QED) is 0.589. The number of rotatable bonds is 3. The van der Waals surface area contributed by atoms with Crippen LogP contribution in [0.2, 0.25) is 5.02 Å². The van der Waals surface area contributed by atoms with Gasteiger partial charge in [-0.05, 0) is 31.2 Å². The molecule has 0 aliphatic carbocycles. The Morgan fingerprint density at radius 1 is 1.20 bits per heavy atom. The maximum Gasteiger partial charge on any atom is 0.355 e. The van der Waals surface area contributed by atoms with E-state index in [1.165, 1.54) is 31.2 Å². The summed E-state index contributed by atoms with van der Waals surface area (Å²) in [5.74, 6) is -3.80. The van der Waals surface area contributed by atoms with Crippen molar-refractivity contribution in [1.82, 2.24) is 5.01 Å². The Kier molecular flexibility index (Phi) is 4.30. The normalized spacial score (nSPS) is 22.1. The molecule has 3 amide bonds. The first-order valence-corrected chi connectivity index (χ1v) is 7.93. The zero-order chi connectivity index (χ0) is 18.3. The third kappa shape index (κ3) is 2.68. The van der Waals surface area contributed by atoms with Crippen LogP contribution in [0.4, 0.5) is 5.69 Å². The number of halogens is 1. The van der Waals surface area contributed by atoms with Crippen LogP contribution in [0.25, 0.3) is 0 Å².